The zero-order valence-electron chi connectivity index (χ0n) is 9.24. The Bertz CT molecular complexity index is 378. The number of hydrogen-bond acceptors (Lipinski definition) is 6. The van der Waals surface area contributed by atoms with Crippen LogP contribution in [0, 0.1) is 0 Å². The summed E-state index contributed by atoms with van der Waals surface area (Å²) < 4.78 is 10.8. The van der Waals surface area contributed by atoms with Crippen LogP contribution >= 0.6 is 23.2 Å². The molecule has 0 radical (unpaired) electrons. The topological polar surface area (TPSA) is 69.2 Å². The van der Waals surface area contributed by atoms with Gasteiger partial charge in [0.25, 0.3) is 0 Å². The molecule has 17 heavy (non-hydrogen) atoms. The molecule has 0 saturated carbocycles. The zero-order valence-corrected chi connectivity index (χ0v) is 10.8. The van der Waals surface area contributed by atoms with Crippen molar-refractivity contribution >= 4 is 29.2 Å². The lowest BCUT2D eigenvalue weighted by molar-refractivity contribution is -0.00631. The number of anilines is 1. The van der Waals surface area contributed by atoms with E-state index in [1.807, 2.05) is 0 Å². The normalized spacial score (nSPS) is 23.9. The molecule has 1 fully saturated rings. The maximum absolute atomic E-state index is 5.67. The van der Waals surface area contributed by atoms with Crippen LogP contribution in [0.3, 0.4) is 0 Å². The summed E-state index contributed by atoms with van der Waals surface area (Å²) in [6, 6.07) is 0. The highest BCUT2D eigenvalue weighted by Gasteiger charge is 2.34. The van der Waals surface area contributed by atoms with Crippen LogP contribution in [0.5, 0.6) is 0 Å². The van der Waals surface area contributed by atoms with Crippen molar-refractivity contribution in [3.05, 3.63) is 10.6 Å². The average Bonchev–Trinajstić information content (AvgIpc) is 2.74. The standard InChI is InChI=1S/C9H12Cl2N4O2/c1-16-9(2-3-17-5-9)4-12-8-14-6(10)13-7(11)15-8/h2-5H2,1H3,(H,12,13,14,15). The van der Waals surface area contributed by atoms with E-state index in [1.165, 1.54) is 0 Å². The number of halogens is 2. The molecule has 1 saturated heterocycles. The third-order valence-electron chi connectivity index (χ3n) is 2.65. The molecule has 2 heterocycles. The van der Waals surface area contributed by atoms with Crippen LogP contribution in [0.25, 0.3) is 0 Å². The molecule has 1 aromatic rings. The zero-order chi connectivity index (χ0) is 12.3. The predicted octanol–water partition coefficient (Wildman–Crippen LogP) is 1.40. The van der Waals surface area contributed by atoms with Gasteiger partial charge in [-0.15, -0.1) is 0 Å². The molecule has 94 valence electrons. The van der Waals surface area contributed by atoms with E-state index < -0.39 is 0 Å². The number of methoxy groups -OCH3 is 1. The molecule has 1 aliphatic rings. The van der Waals surface area contributed by atoms with Crippen LogP contribution in [0.4, 0.5) is 5.95 Å². The molecule has 0 spiro atoms. The Hall–Kier alpha value is -0.690. The van der Waals surface area contributed by atoms with E-state index >= 15 is 0 Å². The van der Waals surface area contributed by atoms with Gasteiger partial charge in [-0.25, -0.2) is 0 Å². The molecule has 1 N–H and O–H groups in total. The van der Waals surface area contributed by atoms with Gasteiger partial charge in [0.1, 0.15) is 5.60 Å². The summed E-state index contributed by atoms with van der Waals surface area (Å²) in [7, 11) is 1.66. The first-order valence-electron chi connectivity index (χ1n) is 5.07. The highest BCUT2D eigenvalue weighted by Crippen LogP contribution is 2.22. The third-order valence-corrected chi connectivity index (χ3v) is 2.99. The molecule has 0 aromatic carbocycles. The summed E-state index contributed by atoms with van der Waals surface area (Å²) in [6.45, 7) is 1.76. The average molecular weight is 279 g/mol. The van der Waals surface area contributed by atoms with Gasteiger partial charge in [-0.2, -0.15) is 15.0 Å². The van der Waals surface area contributed by atoms with Crippen molar-refractivity contribution in [3.8, 4) is 0 Å². The van der Waals surface area contributed by atoms with Gasteiger partial charge in [0.15, 0.2) is 0 Å². The van der Waals surface area contributed by atoms with Crippen LogP contribution < -0.4 is 5.32 Å². The lowest BCUT2D eigenvalue weighted by atomic mass is 10.0. The van der Waals surface area contributed by atoms with E-state index in [-0.39, 0.29) is 16.2 Å². The van der Waals surface area contributed by atoms with Gasteiger partial charge in [-0.1, -0.05) is 0 Å². The van der Waals surface area contributed by atoms with Gasteiger partial charge in [0, 0.05) is 26.7 Å². The molecule has 2 rings (SSSR count). The van der Waals surface area contributed by atoms with Crippen molar-refractivity contribution in [3.63, 3.8) is 0 Å². The molecule has 0 amide bonds. The fraction of sp³-hybridized carbons (Fsp3) is 0.667. The van der Waals surface area contributed by atoms with Crippen LogP contribution in [0.1, 0.15) is 6.42 Å². The van der Waals surface area contributed by atoms with Crippen LogP contribution in [-0.2, 0) is 9.47 Å². The summed E-state index contributed by atoms with van der Waals surface area (Å²) in [4.78, 5) is 11.5. The minimum Gasteiger partial charge on any atom is -0.378 e. The van der Waals surface area contributed by atoms with Crippen LogP contribution in [0.2, 0.25) is 10.6 Å². The lowest BCUT2D eigenvalue weighted by Crippen LogP contribution is -2.39. The van der Waals surface area contributed by atoms with Gasteiger partial charge in [-0.3, -0.25) is 0 Å². The molecule has 1 aromatic heterocycles. The first-order valence-corrected chi connectivity index (χ1v) is 5.83. The van der Waals surface area contributed by atoms with E-state index in [2.05, 4.69) is 20.3 Å². The summed E-state index contributed by atoms with van der Waals surface area (Å²) in [5.74, 6) is 0.332. The second-order valence-electron chi connectivity index (χ2n) is 3.74. The van der Waals surface area contributed by atoms with Gasteiger partial charge in [0.05, 0.1) is 6.61 Å². The number of rotatable bonds is 4. The summed E-state index contributed by atoms with van der Waals surface area (Å²) in [6.07, 6.45) is 0.822. The molecular formula is C9H12Cl2N4O2. The van der Waals surface area contributed by atoms with Crippen molar-refractivity contribution in [2.24, 2.45) is 0 Å². The van der Waals surface area contributed by atoms with Crippen molar-refractivity contribution in [1.29, 1.82) is 0 Å². The molecule has 0 aliphatic carbocycles. The highest BCUT2D eigenvalue weighted by atomic mass is 35.5. The fourth-order valence-electron chi connectivity index (χ4n) is 1.61. The first kappa shape index (κ1) is 12.8. The molecule has 8 heteroatoms. The maximum atomic E-state index is 5.67. The number of aromatic nitrogens is 3. The van der Waals surface area contributed by atoms with E-state index in [0.717, 1.165) is 6.42 Å². The summed E-state index contributed by atoms with van der Waals surface area (Å²) in [5, 5.41) is 3.14. The van der Waals surface area contributed by atoms with Crippen molar-refractivity contribution < 1.29 is 9.47 Å². The molecule has 1 aliphatic heterocycles. The monoisotopic (exact) mass is 278 g/mol. The summed E-state index contributed by atoms with van der Waals surface area (Å²) in [5.41, 5.74) is -0.342. The molecule has 6 nitrogen and oxygen atoms in total. The van der Waals surface area contributed by atoms with Crippen LogP contribution in [0.15, 0.2) is 0 Å². The van der Waals surface area contributed by atoms with Gasteiger partial charge >= 0.3 is 0 Å². The van der Waals surface area contributed by atoms with Crippen molar-refractivity contribution in [2.45, 2.75) is 12.0 Å². The molecular weight excluding hydrogens is 267 g/mol. The minimum absolute atomic E-state index is 0.0571. The Morgan fingerprint density at radius 2 is 2.06 bits per heavy atom. The van der Waals surface area contributed by atoms with Gasteiger partial charge < -0.3 is 14.8 Å². The highest BCUT2D eigenvalue weighted by molar-refractivity contribution is 6.31. The Labute approximate surface area is 109 Å². The first-order chi connectivity index (χ1) is 8.13. The Morgan fingerprint density at radius 1 is 1.35 bits per heavy atom. The second-order valence-corrected chi connectivity index (χ2v) is 4.42. The fourth-order valence-corrected chi connectivity index (χ4v) is 1.97. The Kier molecular flexibility index (Phi) is 3.98. The van der Waals surface area contributed by atoms with Gasteiger partial charge in [-0.05, 0) is 23.2 Å². The molecule has 1 unspecified atom stereocenters. The second kappa shape index (κ2) is 5.30. The Morgan fingerprint density at radius 3 is 2.59 bits per heavy atom. The number of nitrogens with zero attached hydrogens (tertiary/aromatic N) is 3. The van der Waals surface area contributed by atoms with Crippen molar-refractivity contribution in [2.75, 3.05) is 32.2 Å². The van der Waals surface area contributed by atoms with E-state index in [4.69, 9.17) is 32.7 Å². The minimum atomic E-state index is -0.342. The number of hydrogen-bond donors (Lipinski definition) is 1. The summed E-state index contributed by atoms with van der Waals surface area (Å²) >= 11 is 11.3. The van der Waals surface area contributed by atoms with E-state index in [9.17, 15) is 0 Å². The SMILES string of the molecule is COC1(CNc2nc(Cl)nc(Cl)n2)CCOC1. The van der Waals surface area contributed by atoms with Gasteiger partial charge in [0.2, 0.25) is 16.5 Å². The largest absolute Gasteiger partial charge is 0.378 e. The van der Waals surface area contributed by atoms with Crippen molar-refractivity contribution in [1.82, 2.24) is 15.0 Å². The molecule has 0 bridgehead atoms. The number of ether oxygens (including phenoxy) is 2. The predicted molar refractivity (Wildman–Crippen MR) is 63.5 cm³/mol. The third kappa shape index (κ3) is 3.16. The van der Waals surface area contributed by atoms with E-state index in [1.54, 1.807) is 7.11 Å². The quantitative estimate of drug-likeness (QED) is 0.898. The molecule has 1 atom stereocenters. The van der Waals surface area contributed by atoms with Crippen LogP contribution in [-0.4, -0.2) is 47.4 Å². The number of nitrogens with one attached hydrogen (secondary N) is 1. The maximum Gasteiger partial charge on any atom is 0.228 e. The Balaban J connectivity index is 2.01. The smallest absolute Gasteiger partial charge is 0.228 e. The lowest BCUT2D eigenvalue weighted by Gasteiger charge is -2.25. The van der Waals surface area contributed by atoms with E-state index in [0.29, 0.717) is 25.7 Å².